The van der Waals surface area contributed by atoms with Crippen LogP contribution in [0.15, 0.2) is 30.9 Å². The lowest BCUT2D eigenvalue weighted by Gasteiger charge is -2.41. The SMILES string of the molecule is CCc1cc(C2CN(C(=O)C3CCOCC3)C2)ncc1N(C)c1cc2c(cn1)ncn2C. The Labute approximate surface area is 188 Å². The molecule has 0 aromatic carbocycles. The van der Waals surface area contributed by atoms with Gasteiger partial charge in [-0.2, -0.15) is 0 Å². The molecule has 1 amide bonds. The van der Waals surface area contributed by atoms with E-state index in [2.05, 4.69) is 33.9 Å². The Morgan fingerprint density at radius 2 is 1.94 bits per heavy atom. The van der Waals surface area contributed by atoms with Gasteiger partial charge in [0.1, 0.15) is 11.3 Å². The molecule has 2 aliphatic heterocycles. The summed E-state index contributed by atoms with van der Waals surface area (Å²) >= 11 is 0. The minimum atomic E-state index is 0.129. The highest BCUT2D eigenvalue weighted by atomic mass is 16.5. The van der Waals surface area contributed by atoms with Crippen molar-refractivity contribution < 1.29 is 9.53 Å². The Hall–Kier alpha value is -3.00. The van der Waals surface area contributed by atoms with Gasteiger partial charge in [-0.3, -0.25) is 9.78 Å². The first-order valence-corrected chi connectivity index (χ1v) is 11.4. The van der Waals surface area contributed by atoms with E-state index in [0.717, 1.165) is 60.6 Å². The molecule has 5 rings (SSSR count). The van der Waals surface area contributed by atoms with Crippen molar-refractivity contribution in [3.63, 3.8) is 0 Å². The minimum Gasteiger partial charge on any atom is -0.381 e. The summed E-state index contributed by atoms with van der Waals surface area (Å²) in [5.41, 5.74) is 5.30. The van der Waals surface area contributed by atoms with Crippen LogP contribution in [0, 0.1) is 5.92 Å². The molecule has 2 aliphatic rings. The van der Waals surface area contributed by atoms with Crippen LogP contribution in [-0.2, 0) is 23.0 Å². The topological polar surface area (TPSA) is 76.4 Å². The Bertz CT molecular complexity index is 1130. The van der Waals surface area contributed by atoms with E-state index < -0.39 is 0 Å². The number of carbonyl (C=O) groups excluding carboxylic acids is 1. The monoisotopic (exact) mass is 434 g/mol. The fraction of sp³-hybridized carbons (Fsp3) is 0.500. The number of amides is 1. The van der Waals surface area contributed by atoms with Gasteiger partial charge < -0.3 is 19.1 Å². The third-order valence-electron chi connectivity index (χ3n) is 6.85. The molecular formula is C24H30N6O2. The summed E-state index contributed by atoms with van der Waals surface area (Å²) in [6.45, 7) is 5.09. The average molecular weight is 435 g/mol. The van der Waals surface area contributed by atoms with Crippen molar-refractivity contribution in [1.29, 1.82) is 0 Å². The van der Waals surface area contributed by atoms with Crippen LogP contribution in [0.3, 0.4) is 0 Å². The molecule has 0 saturated carbocycles. The van der Waals surface area contributed by atoms with Crippen LogP contribution in [0.25, 0.3) is 11.0 Å². The standard InChI is InChI=1S/C24H30N6O2/c1-4-16-9-19(18-13-30(14-18)24(31)17-5-7-32-8-6-17)25-12-22(16)29(3)23-10-21-20(11-26-23)27-15-28(21)2/h9-12,15,17-18H,4-8,13-14H2,1-3H3. The molecule has 0 radical (unpaired) electrons. The molecule has 8 nitrogen and oxygen atoms in total. The number of carbonyl (C=O) groups is 1. The second kappa shape index (κ2) is 8.50. The van der Waals surface area contributed by atoms with Gasteiger partial charge in [0, 0.05) is 64.0 Å². The van der Waals surface area contributed by atoms with Crippen molar-refractivity contribution in [1.82, 2.24) is 24.4 Å². The molecule has 168 valence electrons. The maximum Gasteiger partial charge on any atom is 0.225 e. The molecule has 0 aliphatic carbocycles. The third kappa shape index (κ3) is 3.72. The molecule has 3 aromatic rings. The summed E-state index contributed by atoms with van der Waals surface area (Å²) in [6.07, 6.45) is 8.16. The number of ether oxygens (including phenoxy) is 1. The fourth-order valence-electron chi connectivity index (χ4n) is 4.69. The van der Waals surface area contributed by atoms with Gasteiger partial charge in [-0.05, 0) is 30.9 Å². The van der Waals surface area contributed by atoms with E-state index in [1.165, 1.54) is 5.56 Å². The van der Waals surface area contributed by atoms with Gasteiger partial charge >= 0.3 is 0 Å². The number of nitrogens with zero attached hydrogens (tertiary/aromatic N) is 6. The second-order valence-corrected chi connectivity index (χ2v) is 8.86. The van der Waals surface area contributed by atoms with E-state index in [-0.39, 0.29) is 11.8 Å². The van der Waals surface area contributed by atoms with Crippen molar-refractivity contribution in [3.8, 4) is 0 Å². The Balaban J connectivity index is 1.31. The Kier molecular flexibility index (Phi) is 5.55. The normalized spacial score (nSPS) is 17.5. The van der Waals surface area contributed by atoms with Gasteiger partial charge in [-0.15, -0.1) is 0 Å². The molecule has 0 spiro atoms. The summed E-state index contributed by atoms with van der Waals surface area (Å²) in [5.74, 6) is 1.59. The zero-order valence-corrected chi connectivity index (χ0v) is 19.0. The van der Waals surface area contributed by atoms with Crippen LogP contribution in [0.1, 0.15) is 36.9 Å². The molecule has 0 unspecified atom stereocenters. The highest BCUT2D eigenvalue weighted by molar-refractivity contribution is 5.80. The molecule has 32 heavy (non-hydrogen) atoms. The number of rotatable bonds is 5. The number of pyridine rings is 2. The molecular weight excluding hydrogens is 404 g/mol. The van der Waals surface area contributed by atoms with Crippen molar-refractivity contribution in [2.24, 2.45) is 13.0 Å². The summed E-state index contributed by atoms with van der Waals surface area (Å²) in [6, 6.07) is 4.26. The molecule has 3 aromatic heterocycles. The maximum atomic E-state index is 12.7. The number of anilines is 2. The zero-order valence-electron chi connectivity index (χ0n) is 19.0. The van der Waals surface area contributed by atoms with E-state index in [0.29, 0.717) is 19.1 Å². The number of aryl methyl sites for hydroxylation is 2. The van der Waals surface area contributed by atoms with Gasteiger partial charge in [0.2, 0.25) is 5.91 Å². The predicted molar refractivity (Wildman–Crippen MR) is 123 cm³/mol. The summed E-state index contributed by atoms with van der Waals surface area (Å²) in [4.78, 5) is 30.5. The average Bonchev–Trinajstić information content (AvgIpc) is 3.18. The first kappa shape index (κ1) is 20.9. The van der Waals surface area contributed by atoms with Gasteiger partial charge in [-0.1, -0.05) is 6.92 Å². The lowest BCUT2D eigenvalue weighted by molar-refractivity contribution is -0.143. The van der Waals surface area contributed by atoms with Gasteiger partial charge in [0.05, 0.1) is 29.9 Å². The van der Waals surface area contributed by atoms with Crippen LogP contribution in [0.5, 0.6) is 0 Å². The lowest BCUT2D eigenvalue weighted by Crippen LogP contribution is -2.51. The molecule has 2 fully saturated rings. The van der Waals surface area contributed by atoms with Crippen molar-refractivity contribution in [3.05, 3.63) is 42.1 Å². The van der Waals surface area contributed by atoms with E-state index in [1.807, 2.05) is 36.0 Å². The van der Waals surface area contributed by atoms with E-state index >= 15 is 0 Å². The highest BCUT2D eigenvalue weighted by Gasteiger charge is 2.36. The zero-order chi connectivity index (χ0) is 22.2. The summed E-state index contributed by atoms with van der Waals surface area (Å²) < 4.78 is 7.39. The minimum absolute atomic E-state index is 0.129. The number of aromatic nitrogens is 4. The molecule has 8 heteroatoms. The van der Waals surface area contributed by atoms with Crippen LogP contribution in [0.4, 0.5) is 11.5 Å². The van der Waals surface area contributed by atoms with Crippen LogP contribution < -0.4 is 4.90 Å². The molecule has 0 N–H and O–H groups in total. The number of hydrogen-bond donors (Lipinski definition) is 0. The first-order chi connectivity index (χ1) is 15.5. The number of fused-ring (bicyclic) bond motifs is 1. The quantitative estimate of drug-likeness (QED) is 0.614. The predicted octanol–water partition coefficient (Wildman–Crippen LogP) is 3.05. The van der Waals surface area contributed by atoms with Gasteiger partial charge in [0.25, 0.3) is 0 Å². The fourth-order valence-corrected chi connectivity index (χ4v) is 4.69. The smallest absolute Gasteiger partial charge is 0.225 e. The Morgan fingerprint density at radius 3 is 2.69 bits per heavy atom. The van der Waals surface area contributed by atoms with Crippen molar-refractivity contribution in [2.75, 3.05) is 38.3 Å². The maximum absolute atomic E-state index is 12.7. The van der Waals surface area contributed by atoms with Crippen molar-refractivity contribution >= 4 is 28.4 Å². The van der Waals surface area contributed by atoms with E-state index in [4.69, 9.17) is 9.72 Å². The van der Waals surface area contributed by atoms with E-state index in [1.54, 1.807) is 6.33 Å². The number of likely N-dealkylation sites (tertiary alicyclic amines) is 1. The third-order valence-corrected chi connectivity index (χ3v) is 6.85. The second-order valence-electron chi connectivity index (χ2n) is 8.86. The van der Waals surface area contributed by atoms with Crippen LogP contribution >= 0.6 is 0 Å². The van der Waals surface area contributed by atoms with E-state index in [9.17, 15) is 4.79 Å². The molecule has 0 bridgehead atoms. The van der Waals surface area contributed by atoms with Crippen LogP contribution in [0.2, 0.25) is 0 Å². The summed E-state index contributed by atoms with van der Waals surface area (Å²) in [5, 5.41) is 0. The largest absolute Gasteiger partial charge is 0.381 e. The highest BCUT2D eigenvalue weighted by Crippen LogP contribution is 2.33. The van der Waals surface area contributed by atoms with Gasteiger partial charge in [0.15, 0.2) is 0 Å². The number of imidazole rings is 1. The lowest BCUT2D eigenvalue weighted by atomic mass is 9.90. The molecule has 0 atom stereocenters. The van der Waals surface area contributed by atoms with Gasteiger partial charge in [-0.25, -0.2) is 9.97 Å². The molecule has 2 saturated heterocycles. The Morgan fingerprint density at radius 1 is 1.16 bits per heavy atom. The molecule has 5 heterocycles. The summed E-state index contributed by atoms with van der Waals surface area (Å²) in [7, 11) is 4.01. The van der Waals surface area contributed by atoms with Crippen LogP contribution in [-0.4, -0.2) is 63.7 Å². The first-order valence-electron chi connectivity index (χ1n) is 11.4. The number of hydrogen-bond acceptors (Lipinski definition) is 6. The van der Waals surface area contributed by atoms with Crippen molar-refractivity contribution in [2.45, 2.75) is 32.1 Å².